The molecule has 0 aliphatic rings. The van der Waals surface area contributed by atoms with Crippen LogP contribution in [0.1, 0.15) is 12.7 Å². The van der Waals surface area contributed by atoms with Crippen molar-refractivity contribution in [2.75, 3.05) is 6.61 Å². The van der Waals surface area contributed by atoms with Crippen molar-refractivity contribution in [2.24, 2.45) is 14.1 Å². The van der Waals surface area contributed by atoms with Gasteiger partial charge in [-0.1, -0.05) is 0 Å². The smallest absolute Gasteiger partial charge is 0.302 e. The standard InChI is InChI=1S/C10H13ClN4O2/c1-4-17-10-13-9(16)7-8(15(10)3)12-6(5-11)14(7)2/h4-5H2,1-3H3. The first-order valence-corrected chi connectivity index (χ1v) is 5.74. The van der Waals surface area contributed by atoms with E-state index in [1.54, 1.807) is 23.2 Å². The first kappa shape index (κ1) is 11.9. The molecule has 0 aromatic carbocycles. The number of hydrogen-bond acceptors (Lipinski definition) is 4. The number of imidazole rings is 1. The Morgan fingerprint density at radius 3 is 2.59 bits per heavy atom. The summed E-state index contributed by atoms with van der Waals surface area (Å²) in [7, 11) is 3.50. The maximum absolute atomic E-state index is 11.9. The third-order valence-electron chi connectivity index (χ3n) is 2.57. The molecule has 0 saturated carbocycles. The van der Waals surface area contributed by atoms with Gasteiger partial charge in [-0.15, -0.1) is 11.6 Å². The normalized spacial score (nSPS) is 11.1. The first-order chi connectivity index (χ1) is 8.10. The molecule has 0 radical (unpaired) electrons. The fraction of sp³-hybridized carbons (Fsp3) is 0.500. The lowest BCUT2D eigenvalue weighted by molar-refractivity contribution is 0.299. The zero-order chi connectivity index (χ0) is 12.6. The van der Waals surface area contributed by atoms with Crippen LogP contribution in [-0.2, 0) is 20.0 Å². The summed E-state index contributed by atoms with van der Waals surface area (Å²) < 4.78 is 8.59. The van der Waals surface area contributed by atoms with E-state index in [4.69, 9.17) is 16.3 Å². The third-order valence-corrected chi connectivity index (χ3v) is 2.81. The Morgan fingerprint density at radius 2 is 2.00 bits per heavy atom. The van der Waals surface area contributed by atoms with Gasteiger partial charge in [0.05, 0.1) is 12.5 Å². The molecule has 0 atom stereocenters. The predicted octanol–water partition coefficient (Wildman–Crippen LogP) is 0.804. The summed E-state index contributed by atoms with van der Waals surface area (Å²) in [5.74, 6) is 0.874. The highest BCUT2D eigenvalue weighted by atomic mass is 35.5. The van der Waals surface area contributed by atoms with E-state index in [1.807, 2.05) is 6.92 Å². The summed E-state index contributed by atoms with van der Waals surface area (Å²) in [6.07, 6.45) is 0. The van der Waals surface area contributed by atoms with Crippen molar-refractivity contribution in [3.63, 3.8) is 0 Å². The maximum atomic E-state index is 11.9. The minimum absolute atomic E-state index is 0.245. The van der Waals surface area contributed by atoms with Crippen molar-refractivity contribution in [2.45, 2.75) is 12.8 Å². The number of alkyl halides is 1. The molecule has 6 nitrogen and oxygen atoms in total. The molecule has 92 valence electrons. The van der Waals surface area contributed by atoms with Gasteiger partial charge in [0.2, 0.25) is 0 Å². The van der Waals surface area contributed by atoms with E-state index >= 15 is 0 Å². The molecule has 7 heteroatoms. The zero-order valence-corrected chi connectivity index (χ0v) is 10.7. The van der Waals surface area contributed by atoms with E-state index in [-0.39, 0.29) is 17.4 Å². The van der Waals surface area contributed by atoms with Gasteiger partial charge in [-0.2, -0.15) is 4.98 Å². The van der Waals surface area contributed by atoms with E-state index in [2.05, 4.69) is 9.97 Å². The highest BCUT2D eigenvalue weighted by Gasteiger charge is 2.16. The molecular formula is C10H13ClN4O2. The minimum atomic E-state index is -0.354. The van der Waals surface area contributed by atoms with Crippen molar-refractivity contribution in [1.29, 1.82) is 0 Å². The number of fused-ring (bicyclic) bond motifs is 1. The van der Waals surface area contributed by atoms with E-state index in [0.29, 0.717) is 23.6 Å². The number of ether oxygens (including phenoxy) is 1. The van der Waals surface area contributed by atoms with Gasteiger partial charge in [-0.3, -0.25) is 9.36 Å². The molecule has 0 fully saturated rings. The molecule has 0 spiro atoms. The summed E-state index contributed by atoms with van der Waals surface area (Å²) in [6.45, 7) is 2.28. The number of aryl methyl sites for hydroxylation is 2. The van der Waals surface area contributed by atoms with Crippen LogP contribution in [0.2, 0.25) is 0 Å². The largest absolute Gasteiger partial charge is 0.465 e. The van der Waals surface area contributed by atoms with Gasteiger partial charge in [0.1, 0.15) is 5.82 Å². The molecule has 0 aliphatic carbocycles. The highest BCUT2D eigenvalue weighted by molar-refractivity contribution is 6.16. The number of hydrogen-bond donors (Lipinski definition) is 0. The van der Waals surface area contributed by atoms with Crippen LogP contribution in [0.25, 0.3) is 11.2 Å². The van der Waals surface area contributed by atoms with Gasteiger partial charge >= 0.3 is 11.6 Å². The Bertz CT molecular complexity index is 617. The Labute approximate surface area is 103 Å². The Morgan fingerprint density at radius 1 is 1.29 bits per heavy atom. The zero-order valence-electron chi connectivity index (χ0n) is 9.90. The van der Waals surface area contributed by atoms with Crippen molar-refractivity contribution >= 4 is 22.8 Å². The number of aromatic nitrogens is 4. The molecular weight excluding hydrogens is 244 g/mol. The van der Waals surface area contributed by atoms with Crippen LogP contribution in [0.4, 0.5) is 0 Å². The monoisotopic (exact) mass is 256 g/mol. The molecule has 2 aromatic rings. The molecule has 0 aliphatic heterocycles. The lowest BCUT2D eigenvalue weighted by atomic mass is 10.5. The second kappa shape index (κ2) is 4.37. The van der Waals surface area contributed by atoms with Gasteiger partial charge in [-0.25, -0.2) is 4.98 Å². The molecule has 2 rings (SSSR count). The Hall–Kier alpha value is -1.56. The Kier molecular flexibility index (Phi) is 3.06. The molecule has 0 N–H and O–H groups in total. The quantitative estimate of drug-likeness (QED) is 0.763. The summed E-state index contributed by atoms with van der Waals surface area (Å²) in [6, 6.07) is 0.268. The molecule has 0 bridgehead atoms. The van der Waals surface area contributed by atoms with E-state index in [1.165, 1.54) is 0 Å². The van der Waals surface area contributed by atoms with Crippen LogP contribution >= 0.6 is 11.6 Å². The van der Waals surface area contributed by atoms with Gasteiger partial charge in [0.25, 0.3) is 0 Å². The third kappa shape index (κ3) is 1.78. The summed E-state index contributed by atoms with van der Waals surface area (Å²) in [4.78, 5) is 20.1. The predicted molar refractivity (Wildman–Crippen MR) is 64.5 cm³/mol. The molecule has 0 amide bonds. The second-order valence-electron chi connectivity index (χ2n) is 3.58. The van der Waals surface area contributed by atoms with Gasteiger partial charge < -0.3 is 9.30 Å². The average Bonchev–Trinajstić information content (AvgIpc) is 2.64. The Balaban J connectivity index is 2.81. The number of nitrogens with zero attached hydrogens (tertiary/aromatic N) is 4. The fourth-order valence-electron chi connectivity index (χ4n) is 1.69. The maximum Gasteiger partial charge on any atom is 0.302 e. The van der Waals surface area contributed by atoms with Crippen LogP contribution in [0.3, 0.4) is 0 Å². The fourth-order valence-corrected chi connectivity index (χ4v) is 1.92. The van der Waals surface area contributed by atoms with Crippen LogP contribution in [0, 0.1) is 0 Å². The van der Waals surface area contributed by atoms with Gasteiger partial charge in [0.15, 0.2) is 11.2 Å². The van der Waals surface area contributed by atoms with Crippen molar-refractivity contribution in [3.05, 3.63) is 16.2 Å². The molecule has 2 heterocycles. The SMILES string of the molecule is CCOc1nc(=O)c2c(nc(CCl)n2C)n1C. The van der Waals surface area contributed by atoms with Crippen molar-refractivity contribution in [3.8, 4) is 6.01 Å². The second-order valence-corrected chi connectivity index (χ2v) is 3.85. The van der Waals surface area contributed by atoms with E-state index in [0.717, 1.165) is 0 Å². The summed E-state index contributed by atoms with van der Waals surface area (Å²) >= 11 is 5.76. The highest BCUT2D eigenvalue weighted by Crippen LogP contribution is 2.15. The molecule has 0 unspecified atom stereocenters. The topological polar surface area (TPSA) is 61.9 Å². The lowest BCUT2D eigenvalue weighted by Gasteiger charge is -2.07. The average molecular weight is 257 g/mol. The lowest BCUT2D eigenvalue weighted by Crippen LogP contribution is -2.17. The molecule has 17 heavy (non-hydrogen) atoms. The van der Waals surface area contributed by atoms with Crippen LogP contribution in [-0.4, -0.2) is 25.7 Å². The van der Waals surface area contributed by atoms with E-state index in [9.17, 15) is 4.79 Å². The summed E-state index contributed by atoms with van der Waals surface area (Å²) in [5.41, 5.74) is 0.617. The first-order valence-electron chi connectivity index (χ1n) is 5.21. The van der Waals surface area contributed by atoms with E-state index < -0.39 is 0 Å². The minimum Gasteiger partial charge on any atom is -0.465 e. The van der Waals surface area contributed by atoms with Crippen molar-refractivity contribution < 1.29 is 4.74 Å². The summed E-state index contributed by atoms with van der Waals surface area (Å²) in [5, 5.41) is 0. The van der Waals surface area contributed by atoms with Crippen LogP contribution < -0.4 is 10.3 Å². The van der Waals surface area contributed by atoms with Gasteiger partial charge in [0, 0.05) is 14.1 Å². The number of halogens is 1. The number of rotatable bonds is 3. The molecule has 0 saturated heterocycles. The van der Waals surface area contributed by atoms with Crippen LogP contribution in [0.15, 0.2) is 4.79 Å². The molecule has 2 aromatic heterocycles. The van der Waals surface area contributed by atoms with Crippen LogP contribution in [0.5, 0.6) is 6.01 Å². The van der Waals surface area contributed by atoms with Crippen molar-refractivity contribution in [1.82, 2.24) is 19.1 Å². The van der Waals surface area contributed by atoms with Gasteiger partial charge in [-0.05, 0) is 6.92 Å².